The molecule has 3 aromatic rings. The lowest BCUT2D eigenvalue weighted by Crippen LogP contribution is -2.22. The molecule has 12 heteroatoms. The smallest absolute Gasteiger partial charge is 0.406 e. The molecule has 0 spiro atoms. The number of hydrogen-bond acceptors (Lipinski definition) is 6. The van der Waals surface area contributed by atoms with Crippen LogP contribution < -0.4 is 10.2 Å². The highest BCUT2D eigenvalue weighted by Crippen LogP contribution is 2.26. The van der Waals surface area contributed by atoms with Crippen molar-refractivity contribution in [1.29, 1.82) is 0 Å². The van der Waals surface area contributed by atoms with Crippen molar-refractivity contribution in [2.75, 3.05) is 6.26 Å². The van der Waals surface area contributed by atoms with E-state index < -0.39 is 38.2 Å². The molecule has 0 fully saturated rings. The van der Waals surface area contributed by atoms with Crippen LogP contribution in [-0.4, -0.2) is 35.9 Å². The molecule has 2 aromatic carbocycles. The molecule has 0 atom stereocenters. The Kier molecular flexibility index (Phi) is 5.17. The van der Waals surface area contributed by atoms with E-state index in [0.29, 0.717) is 0 Å². The third-order valence-electron chi connectivity index (χ3n) is 3.79. The van der Waals surface area contributed by atoms with Gasteiger partial charge in [0.25, 0.3) is 0 Å². The molecular formula is C17H11F3N2O5S2. The number of benzene rings is 2. The number of carbonyl (C=O) groups is 1. The van der Waals surface area contributed by atoms with Crippen LogP contribution in [0.5, 0.6) is 5.75 Å². The van der Waals surface area contributed by atoms with Gasteiger partial charge >= 0.3 is 6.36 Å². The van der Waals surface area contributed by atoms with Gasteiger partial charge in [0.05, 0.1) is 21.5 Å². The quantitative estimate of drug-likeness (QED) is 0.622. The van der Waals surface area contributed by atoms with Gasteiger partial charge in [0.15, 0.2) is 15.5 Å². The van der Waals surface area contributed by atoms with E-state index >= 15 is 0 Å². The van der Waals surface area contributed by atoms with E-state index in [4.69, 9.17) is 0 Å². The van der Waals surface area contributed by atoms with E-state index in [2.05, 4.69) is 22.5 Å². The summed E-state index contributed by atoms with van der Waals surface area (Å²) >= 11 is 3.60. The van der Waals surface area contributed by atoms with E-state index in [1.54, 1.807) is 0 Å². The largest absolute Gasteiger partial charge is 0.573 e. The zero-order chi connectivity index (χ0) is 21.6. The summed E-state index contributed by atoms with van der Waals surface area (Å²) in [5.74, 6) is -0.492. The predicted octanol–water partition coefficient (Wildman–Crippen LogP) is 2.76. The second-order valence-electron chi connectivity index (χ2n) is 5.86. The summed E-state index contributed by atoms with van der Waals surface area (Å²) in [6.45, 7) is 0. The van der Waals surface area contributed by atoms with Crippen LogP contribution in [0.4, 0.5) is 13.2 Å². The number of rotatable bonds is 4. The summed E-state index contributed by atoms with van der Waals surface area (Å²) in [4.78, 5) is 24.1. The zero-order valence-corrected chi connectivity index (χ0v) is 16.2. The summed E-state index contributed by atoms with van der Waals surface area (Å²) < 4.78 is 66.1. The molecule has 0 aliphatic heterocycles. The molecule has 0 aliphatic rings. The average molecular weight is 444 g/mol. The van der Waals surface area contributed by atoms with Gasteiger partial charge in [0.2, 0.25) is 10.5 Å². The van der Waals surface area contributed by atoms with Gasteiger partial charge in [-0.2, -0.15) is 5.10 Å². The first-order chi connectivity index (χ1) is 13.4. The Hall–Kier alpha value is -2.86. The molecule has 152 valence electrons. The topological polar surface area (TPSA) is 95.3 Å². The standard InChI is InChI=1S/C17H11F3N2O5S2/c1-29(25,26)12-4-2-3-11-13(12)15(23)14(16(24)28)21-22(11)9-5-7-10(8-6-9)27-17(18,19)20/h2-8H,1H3,(H,24,28). The SMILES string of the molecule is CS(=O)(=O)c1cccc2c1c(=O)c(C(=O)S)nn2-c1ccc(OC(F)(F)F)cc1. The lowest BCUT2D eigenvalue weighted by molar-refractivity contribution is -0.274. The highest BCUT2D eigenvalue weighted by Gasteiger charge is 2.31. The molecule has 0 saturated carbocycles. The van der Waals surface area contributed by atoms with Crippen LogP contribution in [-0.2, 0) is 9.84 Å². The molecule has 0 aliphatic carbocycles. The molecule has 0 bridgehead atoms. The van der Waals surface area contributed by atoms with E-state index in [-0.39, 0.29) is 21.5 Å². The number of alkyl halides is 3. The number of ether oxygens (including phenoxy) is 1. The molecule has 29 heavy (non-hydrogen) atoms. The second kappa shape index (κ2) is 7.19. The number of thiol groups is 1. The van der Waals surface area contributed by atoms with Gasteiger partial charge in [-0.3, -0.25) is 9.59 Å². The molecular weight excluding hydrogens is 433 g/mol. The Bertz CT molecular complexity index is 1280. The summed E-state index contributed by atoms with van der Waals surface area (Å²) in [5.41, 5.74) is -1.35. The van der Waals surface area contributed by atoms with Gasteiger partial charge in [-0.25, -0.2) is 13.1 Å². The van der Waals surface area contributed by atoms with Crippen molar-refractivity contribution in [2.24, 2.45) is 0 Å². The fourth-order valence-electron chi connectivity index (χ4n) is 2.68. The first kappa shape index (κ1) is 20.9. The van der Waals surface area contributed by atoms with E-state index in [0.717, 1.165) is 23.1 Å². The van der Waals surface area contributed by atoms with Crippen LogP contribution in [0, 0.1) is 0 Å². The third kappa shape index (κ3) is 4.27. The maximum Gasteiger partial charge on any atom is 0.573 e. The zero-order valence-electron chi connectivity index (χ0n) is 14.5. The van der Waals surface area contributed by atoms with Crippen molar-refractivity contribution in [3.05, 3.63) is 58.4 Å². The minimum Gasteiger partial charge on any atom is -0.406 e. The van der Waals surface area contributed by atoms with Crippen molar-refractivity contribution in [2.45, 2.75) is 11.3 Å². The van der Waals surface area contributed by atoms with Crippen molar-refractivity contribution in [3.8, 4) is 11.4 Å². The lowest BCUT2D eigenvalue weighted by atomic mass is 10.2. The minimum absolute atomic E-state index is 0.0424. The van der Waals surface area contributed by atoms with Crippen molar-refractivity contribution in [1.82, 2.24) is 9.78 Å². The average Bonchev–Trinajstić information content (AvgIpc) is 2.60. The Balaban J connectivity index is 2.32. The number of hydrogen-bond donors (Lipinski definition) is 1. The highest BCUT2D eigenvalue weighted by molar-refractivity contribution is 7.97. The number of halogens is 3. The molecule has 3 rings (SSSR count). The van der Waals surface area contributed by atoms with Gasteiger partial charge < -0.3 is 4.74 Å². The van der Waals surface area contributed by atoms with E-state index in [9.17, 15) is 31.2 Å². The Labute approximate surface area is 167 Å². The van der Waals surface area contributed by atoms with Crippen LogP contribution in [0.2, 0.25) is 0 Å². The van der Waals surface area contributed by atoms with Gasteiger partial charge in [-0.15, -0.1) is 13.2 Å². The summed E-state index contributed by atoms with van der Waals surface area (Å²) in [6, 6.07) is 8.41. The molecule has 0 amide bonds. The first-order valence-electron chi connectivity index (χ1n) is 7.74. The normalized spacial score (nSPS) is 12.2. The number of fused-ring (bicyclic) bond motifs is 1. The Morgan fingerprint density at radius 3 is 2.28 bits per heavy atom. The fraction of sp³-hybridized carbons (Fsp3) is 0.118. The monoisotopic (exact) mass is 444 g/mol. The van der Waals surface area contributed by atoms with Crippen LogP contribution in [0.15, 0.2) is 52.2 Å². The third-order valence-corrected chi connectivity index (χ3v) is 5.14. The fourth-order valence-corrected chi connectivity index (χ4v) is 3.72. The lowest BCUT2D eigenvalue weighted by Gasteiger charge is -2.14. The predicted molar refractivity (Wildman–Crippen MR) is 100 cm³/mol. The number of nitrogens with zero attached hydrogens (tertiary/aromatic N) is 2. The molecule has 0 radical (unpaired) electrons. The minimum atomic E-state index is -4.88. The summed E-state index contributed by atoms with van der Waals surface area (Å²) in [6.07, 6.45) is -3.97. The highest BCUT2D eigenvalue weighted by atomic mass is 32.2. The molecule has 0 N–H and O–H groups in total. The number of sulfone groups is 1. The van der Waals surface area contributed by atoms with Crippen LogP contribution in [0.25, 0.3) is 16.6 Å². The van der Waals surface area contributed by atoms with Crippen molar-refractivity contribution in [3.63, 3.8) is 0 Å². The maximum atomic E-state index is 12.7. The van der Waals surface area contributed by atoms with Gasteiger partial charge in [0.1, 0.15) is 5.75 Å². The molecule has 1 heterocycles. The van der Waals surface area contributed by atoms with E-state index in [1.807, 2.05) is 0 Å². The van der Waals surface area contributed by atoms with Crippen molar-refractivity contribution >= 4 is 38.5 Å². The Morgan fingerprint density at radius 1 is 1.14 bits per heavy atom. The van der Waals surface area contributed by atoms with Gasteiger partial charge in [-0.1, -0.05) is 18.7 Å². The van der Waals surface area contributed by atoms with E-state index in [1.165, 1.54) is 30.3 Å². The second-order valence-corrected chi connectivity index (χ2v) is 8.25. The summed E-state index contributed by atoms with van der Waals surface area (Å²) in [5, 5.41) is 2.64. The number of carbonyl (C=O) groups excluding carboxylic acids is 1. The van der Waals surface area contributed by atoms with Gasteiger partial charge in [-0.05, 0) is 36.4 Å². The molecule has 0 saturated heterocycles. The molecule has 1 aromatic heterocycles. The first-order valence-corrected chi connectivity index (χ1v) is 10.1. The van der Waals surface area contributed by atoms with Gasteiger partial charge in [0, 0.05) is 6.26 Å². The summed E-state index contributed by atoms with van der Waals surface area (Å²) in [7, 11) is -3.84. The number of aromatic nitrogens is 2. The van der Waals surface area contributed by atoms with Crippen LogP contribution in [0.3, 0.4) is 0 Å². The van der Waals surface area contributed by atoms with Crippen LogP contribution in [0.1, 0.15) is 10.5 Å². The van der Waals surface area contributed by atoms with Crippen LogP contribution >= 0.6 is 12.6 Å². The maximum absolute atomic E-state index is 12.7. The molecule has 7 nitrogen and oxygen atoms in total. The Morgan fingerprint density at radius 2 is 1.76 bits per heavy atom. The van der Waals surface area contributed by atoms with Crippen molar-refractivity contribution < 1.29 is 31.1 Å². The molecule has 0 unspecified atom stereocenters.